The van der Waals surface area contributed by atoms with Crippen LogP contribution in [0.1, 0.15) is 40.9 Å². The number of piperidine rings is 1. The van der Waals surface area contributed by atoms with Crippen molar-refractivity contribution in [2.45, 2.75) is 38.1 Å². The molecular weight excluding hydrogens is 424 g/mol. The Morgan fingerprint density at radius 1 is 1.00 bits per heavy atom. The highest BCUT2D eigenvalue weighted by atomic mass is 32.1. The van der Waals surface area contributed by atoms with E-state index < -0.39 is 0 Å². The third-order valence-corrected chi connectivity index (χ3v) is 6.87. The van der Waals surface area contributed by atoms with Crippen molar-refractivity contribution in [3.8, 4) is 0 Å². The number of carbonyl (C=O) groups is 3. The van der Waals surface area contributed by atoms with Crippen LogP contribution in [-0.4, -0.2) is 54.8 Å². The fraction of sp³-hybridized carbons (Fsp3) is 0.458. The van der Waals surface area contributed by atoms with Crippen LogP contribution in [0.3, 0.4) is 0 Å². The third kappa shape index (κ3) is 6.40. The monoisotopic (exact) mass is 454 g/mol. The molecule has 1 aliphatic heterocycles. The Kier molecular flexibility index (Phi) is 7.55. The van der Waals surface area contributed by atoms with Gasteiger partial charge < -0.3 is 16.0 Å². The number of hydrogen-bond acceptors (Lipinski definition) is 5. The van der Waals surface area contributed by atoms with Gasteiger partial charge in [-0.25, -0.2) is 0 Å². The van der Waals surface area contributed by atoms with E-state index in [9.17, 15) is 14.4 Å². The zero-order valence-electron chi connectivity index (χ0n) is 18.1. The molecule has 0 radical (unpaired) electrons. The van der Waals surface area contributed by atoms with Crippen LogP contribution in [0.2, 0.25) is 0 Å². The molecule has 3 N–H and O–H groups in total. The van der Waals surface area contributed by atoms with Gasteiger partial charge in [-0.15, -0.1) is 11.3 Å². The summed E-state index contributed by atoms with van der Waals surface area (Å²) in [4.78, 5) is 40.8. The second kappa shape index (κ2) is 10.7. The molecule has 0 unspecified atom stereocenters. The Bertz CT molecular complexity index is 934. The van der Waals surface area contributed by atoms with Crippen molar-refractivity contribution < 1.29 is 14.4 Å². The molecule has 7 nitrogen and oxygen atoms in total. The van der Waals surface area contributed by atoms with Crippen molar-refractivity contribution in [1.29, 1.82) is 0 Å². The first-order chi connectivity index (χ1) is 15.6. The van der Waals surface area contributed by atoms with E-state index >= 15 is 0 Å². The molecule has 32 heavy (non-hydrogen) atoms. The molecule has 1 aromatic carbocycles. The largest absolute Gasteiger partial charge is 0.355 e. The van der Waals surface area contributed by atoms with Gasteiger partial charge in [0.1, 0.15) is 0 Å². The van der Waals surface area contributed by atoms with Gasteiger partial charge in [-0.1, -0.05) is 18.2 Å². The van der Waals surface area contributed by atoms with Gasteiger partial charge in [0.15, 0.2) is 0 Å². The fourth-order valence-corrected chi connectivity index (χ4v) is 4.64. The van der Waals surface area contributed by atoms with Gasteiger partial charge in [0.05, 0.1) is 17.8 Å². The van der Waals surface area contributed by atoms with E-state index in [0.717, 1.165) is 32.1 Å². The minimum Gasteiger partial charge on any atom is -0.355 e. The smallest absolute Gasteiger partial charge is 0.253 e. The molecule has 1 saturated heterocycles. The molecule has 3 amide bonds. The minimum absolute atomic E-state index is 0.00416. The van der Waals surface area contributed by atoms with E-state index in [2.05, 4.69) is 26.9 Å². The van der Waals surface area contributed by atoms with Crippen molar-refractivity contribution in [3.63, 3.8) is 0 Å². The molecule has 1 aromatic heterocycles. The Labute approximate surface area is 192 Å². The first kappa shape index (κ1) is 22.5. The van der Waals surface area contributed by atoms with Crippen LogP contribution < -0.4 is 16.0 Å². The fourth-order valence-electron chi connectivity index (χ4n) is 3.94. The van der Waals surface area contributed by atoms with Crippen molar-refractivity contribution in [2.75, 3.05) is 31.5 Å². The highest BCUT2D eigenvalue weighted by Crippen LogP contribution is 2.22. The summed E-state index contributed by atoms with van der Waals surface area (Å²) in [6, 6.07) is 11.5. The highest BCUT2D eigenvalue weighted by Gasteiger charge is 2.27. The van der Waals surface area contributed by atoms with Gasteiger partial charge in [0, 0.05) is 23.4 Å². The summed E-state index contributed by atoms with van der Waals surface area (Å²) in [5.74, 6) is -0.171. The molecule has 2 heterocycles. The molecule has 2 aromatic rings. The van der Waals surface area contributed by atoms with Crippen molar-refractivity contribution in [2.24, 2.45) is 5.92 Å². The Morgan fingerprint density at radius 3 is 2.50 bits per heavy atom. The van der Waals surface area contributed by atoms with Crippen LogP contribution in [0.4, 0.5) is 5.69 Å². The van der Waals surface area contributed by atoms with Gasteiger partial charge in [-0.05, 0) is 68.8 Å². The number of para-hydroxylation sites is 1. The lowest BCUT2D eigenvalue weighted by atomic mass is 9.96. The first-order valence-electron chi connectivity index (χ1n) is 11.3. The van der Waals surface area contributed by atoms with Crippen LogP contribution in [-0.2, 0) is 16.0 Å². The van der Waals surface area contributed by atoms with Gasteiger partial charge >= 0.3 is 0 Å². The summed E-state index contributed by atoms with van der Waals surface area (Å²) in [5, 5.41) is 10.9. The predicted molar refractivity (Wildman–Crippen MR) is 126 cm³/mol. The summed E-state index contributed by atoms with van der Waals surface area (Å²) in [5.41, 5.74) is 1.03. The van der Waals surface area contributed by atoms with E-state index in [1.807, 2.05) is 17.5 Å². The Hall–Kier alpha value is -2.71. The van der Waals surface area contributed by atoms with Crippen LogP contribution in [0.25, 0.3) is 0 Å². The number of thiophene rings is 1. The molecule has 0 atom stereocenters. The maximum Gasteiger partial charge on any atom is 0.253 e. The van der Waals surface area contributed by atoms with Crippen molar-refractivity contribution >= 4 is 34.7 Å². The summed E-state index contributed by atoms with van der Waals surface area (Å²) < 4.78 is 0. The number of anilines is 1. The lowest BCUT2D eigenvalue weighted by Crippen LogP contribution is -2.43. The molecule has 2 fully saturated rings. The normalized spacial score (nSPS) is 17.0. The van der Waals surface area contributed by atoms with Crippen LogP contribution in [0.15, 0.2) is 41.8 Å². The molecule has 8 heteroatoms. The Balaban J connectivity index is 1.19. The zero-order valence-corrected chi connectivity index (χ0v) is 19.0. The summed E-state index contributed by atoms with van der Waals surface area (Å²) in [6.45, 7) is 2.33. The first-order valence-corrected chi connectivity index (χ1v) is 12.2. The number of hydrogen-bond donors (Lipinski definition) is 3. The summed E-state index contributed by atoms with van der Waals surface area (Å²) >= 11 is 1.71. The number of carbonyl (C=O) groups excluding carboxylic acids is 3. The van der Waals surface area contributed by atoms with Crippen molar-refractivity contribution in [3.05, 3.63) is 52.2 Å². The summed E-state index contributed by atoms with van der Waals surface area (Å²) in [7, 11) is 0. The van der Waals surface area contributed by atoms with Gasteiger partial charge in [0.25, 0.3) is 5.91 Å². The number of benzene rings is 1. The molecule has 4 rings (SSSR count). The maximum absolute atomic E-state index is 12.6. The molecule has 1 saturated carbocycles. The van der Waals surface area contributed by atoms with Crippen LogP contribution >= 0.6 is 11.3 Å². The number of nitrogens with one attached hydrogen (secondary N) is 3. The lowest BCUT2D eigenvalue weighted by molar-refractivity contribution is -0.126. The number of likely N-dealkylation sites (tertiary alicyclic amines) is 1. The molecule has 1 aliphatic carbocycles. The molecule has 2 aliphatic rings. The van der Waals surface area contributed by atoms with E-state index in [4.69, 9.17) is 0 Å². The van der Waals surface area contributed by atoms with Gasteiger partial charge in [0.2, 0.25) is 11.8 Å². The quantitative estimate of drug-likeness (QED) is 0.543. The van der Waals surface area contributed by atoms with Gasteiger partial charge in [-0.3, -0.25) is 19.3 Å². The topological polar surface area (TPSA) is 90.5 Å². The summed E-state index contributed by atoms with van der Waals surface area (Å²) in [6.07, 6.45) is 4.39. The molecule has 170 valence electrons. The molecule has 0 bridgehead atoms. The standard InChI is InChI=1S/C24H30N4O3S/c29-22(27-21-6-2-1-5-20(21)24(31)26-18-7-8-18)16-28-13-10-17(11-14-28)23(30)25-12-9-19-4-3-15-32-19/h1-6,15,17-18H,7-14,16H2,(H,25,30)(H,26,31)(H,27,29). The Morgan fingerprint density at radius 2 is 1.78 bits per heavy atom. The second-order valence-electron chi connectivity index (χ2n) is 8.51. The highest BCUT2D eigenvalue weighted by molar-refractivity contribution is 7.09. The average molecular weight is 455 g/mol. The maximum atomic E-state index is 12.6. The lowest BCUT2D eigenvalue weighted by Gasteiger charge is -2.30. The van der Waals surface area contributed by atoms with E-state index in [1.54, 1.807) is 29.5 Å². The second-order valence-corrected chi connectivity index (χ2v) is 9.54. The SMILES string of the molecule is O=C(CN1CCC(C(=O)NCCc2cccs2)CC1)Nc1ccccc1C(=O)NC1CC1. The third-order valence-electron chi connectivity index (χ3n) is 5.93. The van der Waals surface area contributed by atoms with Gasteiger partial charge in [-0.2, -0.15) is 0 Å². The average Bonchev–Trinajstić information content (AvgIpc) is 3.45. The van der Waals surface area contributed by atoms with E-state index in [0.29, 0.717) is 30.9 Å². The van der Waals surface area contributed by atoms with E-state index in [1.165, 1.54) is 4.88 Å². The van der Waals surface area contributed by atoms with Crippen LogP contribution in [0, 0.1) is 5.92 Å². The zero-order chi connectivity index (χ0) is 22.3. The number of nitrogens with zero attached hydrogens (tertiary/aromatic N) is 1. The minimum atomic E-state index is -0.144. The van der Waals surface area contributed by atoms with Crippen molar-refractivity contribution in [1.82, 2.24) is 15.5 Å². The number of rotatable bonds is 9. The van der Waals surface area contributed by atoms with E-state index in [-0.39, 0.29) is 36.2 Å². The molecule has 0 spiro atoms. The molecular formula is C24H30N4O3S. The van der Waals surface area contributed by atoms with Crippen LogP contribution in [0.5, 0.6) is 0 Å². The predicted octanol–water partition coefficient (Wildman–Crippen LogP) is 2.65. The number of amides is 3.